The highest BCUT2D eigenvalue weighted by Crippen LogP contribution is 2.56. The number of hydrogen-bond acceptors (Lipinski definition) is 3. The van der Waals surface area contributed by atoms with Gasteiger partial charge in [0.05, 0.1) is 0 Å². The zero-order valence-corrected chi connectivity index (χ0v) is 9.83. The minimum atomic E-state index is -0.487. The van der Waals surface area contributed by atoms with Crippen LogP contribution in [0, 0.1) is 0 Å². The lowest BCUT2D eigenvalue weighted by Crippen LogP contribution is -2.31. The van der Waals surface area contributed by atoms with Crippen molar-refractivity contribution < 1.29 is 13.9 Å². The fourth-order valence-corrected chi connectivity index (χ4v) is 2.62. The van der Waals surface area contributed by atoms with E-state index in [1.165, 1.54) is 0 Å². The highest BCUT2D eigenvalue weighted by Gasteiger charge is 2.50. The smallest absolute Gasteiger partial charge is 0.231 e. The van der Waals surface area contributed by atoms with Crippen molar-refractivity contribution in [3.05, 3.63) is 23.3 Å². The third-order valence-corrected chi connectivity index (χ3v) is 3.88. The molecule has 0 spiro atoms. The lowest BCUT2D eigenvalue weighted by atomic mass is 9.87. The first-order valence-corrected chi connectivity index (χ1v) is 5.92. The van der Waals surface area contributed by atoms with Crippen LogP contribution < -0.4 is 15.2 Å². The lowest BCUT2D eigenvalue weighted by molar-refractivity contribution is 0.172. The Balaban J connectivity index is 2.13. The van der Waals surface area contributed by atoms with Crippen LogP contribution in [-0.2, 0) is 12.1 Å². The second kappa shape index (κ2) is 3.60. The molecule has 0 saturated heterocycles. The van der Waals surface area contributed by atoms with Crippen molar-refractivity contribution in [1.29, 1.82) is 0 Å². The van der Waals surface area contributed by atoms with Gasteiger partial charge < -0.3 is 15.2 Å². The predicted octanol–water partition coefficient (Wildman–Crippen LogP) is 2.26. The Hall–Kier alpha value is -1.29. The molecule has 0 aromatic heterocycles. The fourth-order valence-electron chi connectivity index (χ4n) is 2.62. The van der Waals surface area contributed by atoms with Crippen molar-refractivity contribution in [3.8, 4) is 11.5 Å². The SMILES string of the molecule is CC(N)C1(c2cc(CF)cc3c2OCO3)CC1. The summed E-state index contributed by atoms with van der Waals surface area (Å²) in [5, 5.41) is 0. The van der Waals surface area contributed by atoms with E-state index in [4.69, 9.17) is 15.2 Å². The molecule has 0 radical (unpaired) electrons. The van der Waals surface area contributed by atoms with Gasteiger partial charge in [-0.15, -0.1) is 0 Å². The van der Waals surface area contributed by atoms with E-state index in [9.17, 15) is 4.39 Å². The van der Waals surface area contributed by atoms with E-state index < -0.39 is 6.67 Å². The summed E-state index contributed by atoms with van der Waals surface area (Å²) in [6.07, 6.45) is 2.08. The molecule has 1 aromatic rings. The van der Waals surface area contributed by atoms with Crippen molar-refractivity contribution in [2.24, 2.45) is 5.73 Å². The topological polar surface area (TPSA) is 44.5 Å². The third kappa shape index (κ3) is 1.51. The Labute approximate surface area is 99.7 Å². The summed E-state index contributed by atoms with van der Waals surface area (Å²) >= 11 is 0. The van der Waals surface area contributed by atoms with Crippen molar-refractivity contribution in [1.82, 2.24) is 0 Å². The molecule has 1 saturated carbocycles. The predicted molar refractivity (Wildman–Crippen MR) is 61.9 cm³/mol. The van der Waals surface area contributed by atoms with E-state index in [1.54, 1.807) is 6.07 Å². The Morgan fingerprint density at radius 2 is 2.18 bits per heavy atom. The number of ether oxygens (including phenoxy) is 2. The Kier molecular flexibility index (Phi) is 2.30. The molecule has 1 aliphatic heterocycles. The molecular weight excluding hydrogens is 221 g/mol. The van der Waals surface area contributed by atoms with E-state index in [1.807, 2.05) is 13.0 Å². The maximum Gasteiger partial charge on any atom is 0.231 e. The first-order chi connectivity index (χ1) is 8.17. The first-order valence-electron chi connectivity index (χ1n) is 5.92. The molecule has 1 fully saturated rings. The van der Waals surface area contributed by atoms with Crippen LogP contribution in [0.15, 0.2) is 12.1 Å². The van der Waals surface area contributed by atoms with Crippen molar-refractivity contribution in [3.63, 3.8) is 0 Å². The van der Waals surface area contributed by atoms with Gasteiger partial charge in [0.15, 0.2) is 11.5 Å². The van der Waals surface area contributed by atoms with Gasteiger partial charge in [0, 0.05) is 17.0 Å². The molecule has 1 unspecified atom stereocenters. The van der Waals surface area contributed by atoms with Crippen molar-refractivity contribution >= 4 is 0 Å². The van der Waals surface area contributed by atoms with E-state index in [-0.39, 0.29) is 18.2 Å². The van der Waals surface area contributed by atoms with Gasteiger partial charge in [0.2, 0.25) is 6.79 Å². The average molecular weight is 237 g/mol. The zero-order valence-electron chi connectivity index (χ0n) is 9.83. The van der Waals surface area contributed by atoms with E-state index >= 15 is 0 Å². The van der Waals surface area contributed by atoms with E-state index in [2.05, 4.69) is 0 Å². The summed E-state index contributed by atoms with van der Waals surface area (Å²) < 4.78 is 23.7. The Morgan fingerprint density at radius 3 is 2.76 bits per heavy atom. The fraction of sp³-hybridized carbons (Fsp3) is 0.538. The van der Waals surface area contributed by atoms with Crippen LogP contribution in [0.3, 0.4) is 0 Å². The van der Waals surface area contributed by atoms with Gasteiger partial charge in [-0.1, -0.05) is 0 Å². The van der Waals surface area contributed by atoms with Gasteiger partial charge in [-0.3, -0.25) is 0 Å². The number of fused-ring (bicyclic) bond motifs is 1. The van der Waals surface area contributed by atoms with Crippen LogP contribution in [0.5, 0.6) is 11.5 Å². The second-order valence-electron chi connectivity index (χ2n) is 4.96. The van der Waals surface area contributed by atoms with Gasteiger partial charge in [0.25, 0.3) is 0 Å². The molecule has 2 N–H and O–H groups in total. The number of halogens is 1. The number of hydrogen-bond donors (Lipinski definition) is 1. The minimum absolute atomic E-state index is 0.0387. The number of alkyl halides is 1. The standard InChI is InChI=1S/C13H16FNO2/c1-8(15)13(2-3-13)10-4-9(6-14)5-11-12(10)17-7-16-11/h4-5,8H,2-3,6-7,15H2,1H3. The molecule has 1 heterocycles. The number of benzene rings is 1. The monoisotopic (exact) mass is 237 g/mol. The van der Waals surface area contributed by atoms with Crippen LogP contribution in [0.4, 0.5) is 4.39 Å². The van der Waals surface area contributed by atoms with Crippen LogP contribution in [0.1, 0.15) is 30.9 Å². The molecule has 0 bridgehead atoms. The van der Waals surface area contributed by atoms with Crippen LogP contribution in [0.25, 0.3) is 0 Å². The number of rotatable bonds is 3. The molecule has 2 aliphatic rings. The molecule has 1 aliphatic carbocycles. The third-order valence-electron chi connectivity index (χ3n) is 3.88. The highest BCUT2D eigenvalue weighted by molar-refractivity contribution is 5.56. The average Bonchev–Trinajstić information content (AvgIpc) is 3.00. The molecule has 17 heavy (non-hydrogen) atoms. The molecule has 1 atom stereocenters. The number of nitrogens with two attached hydrogens (primary N) is 1. The maximum atomic E-state index is 12.9. The molecule has 4 heteroatoms. The normalized spacial score (nSPS) is 21.4. The largest absolute Gasteiger partial charge is 0.454 e. The summed E-state index contributed by atoms with van der Waals surface area (Å²) in [4.78, 5) is 0. The van der Waals surface area contributed by atoms with Gasteiger partial charge in [-0.25, -0.2) is 4.39 Å². The van der Waals surface area contributed by atoms with Gasteiger partial charge >= 0.3 is 0 Å². The van der Waals surface area contributed by atoms with Gasteiger partial charge in [-0.05, 0) is 37.5 Å². The first kappa shape index (κ1) is 10.8. The summed E-state index contributed by atoms with van der Waals surface area (Å²) in [5.41, 5.74) is 7.68. The minimum Gasteiger partial charge on any atom is -0.454 e. The lowest BCUT2D eigenvalue weighted by Gasteiger charge is -2.22. The highest BCUT2D eigenvalue weighted by atomic mass is 19.1. The van der Waals surface area contributed by atoms with E-state index in [0.29, 0.717) is 11.3 Å². The van der Waals surface area contributed by atoms with Crippen LogP contribution in [-0.4, -0.2) is 12.8 Å². The summed E-state index contributed by atoms with van der Waals surface area (Å²) in [6, 6.07) is 3.64. The maximum absolute atomic E-state index is 12.9. The molecule has 3 rings (SSSR count). The van der Waals surface area contributed by atoms with Crippen molar-refractivity contribution in [2.75, 3.05) is 6.79 Å². The molecular formula is C13H16FNO2. The molecule has 92 valence electrons. The molecule has 3 nitrogen and oxygen atoms in total. The molecule has 0 amide bonds. The molecule has 1 aromatic carbocycles. The van der Waals surface area contributed by atoms with E-state index in [0.717, 1.165) is 24.2 Å². The summed E-state index contributed by atoms with van der Waals surface area (Å²) in [5.74, 6) is 1.42. The Morgan fingerprint density at radius 1 is 1.41 bits per heavy atom. The summed E-state index contributed by atoms with van der Waals surface area (Å²) in [7, 11) is 0. The van der Waals surface area contributed by atoms with Gasteiger partial charge in [-0.2, -0.15) is 0 Å². The summed E-state index contributed by atoms with van der Waals surface area (Å²) in [6.45, 7) is 1.73. The zero-order chi connectivity index (χ0) is 12.0. The van der Waals surface area contributed by atoms with Crippen LogP contribution in [0.2, 0.25) is 0 Å². The van der Waals surface area contributed by atoms with Gasteiger partial charge in [0.1, 0.15) is 6.67 Å². The van der Waals surface area contributed by atoms with Crippen molar-refractivity contribution in [2.45, 2.75) is 37.9 Å². The quantitative estimate of drug-likeness (QED) is 0.877. The Bertz CT molecular complexity index is 455. The van der Waals surface area contributed by atoms with Crippen LogP contribution >= 0.6 is 0 Å². The second-order valence-corrected chi connectivity index (χ2v) is 4.96.